The number of aromatic amines is 1. The zero-order valence-electron chi connectivity index (χ0n) is 15.0. The number of hydrogen-bond donors (Lipinski definition) is 2. The topological polar surface area (TPSA) is 86.3 Å². The van der Waals surface area contributed by atoms with E-state index in [1.54, 1.807) is 18.6 Å². The first-order valence-corrected chi connectivity index (χ1v) is 8.87. The molecule has 7 nitrogen and oxygen atoms in total. The molecule has 1 amide bonds. The van der Waals surface area contributed by atoms with E-state index >= 15 is 0 Å². The van der Waals surface area contributed by atoms with Gasteiger partial charge in [0.05, 0.1) is 11.8 Å². The lowest BCUT2D eigenvalue weighted by Crippen LogP contribution is -2.15. The van der Waals surface area contributed by atoms with E-state index in [1.165, 1.54) is 29.7 Å². The molecule has 0 spiro atoms. The van der Waals surface area contributed by atoms with Gasteiger partial charge in [0.25, 0.3) is 5.91 Å². The van der Waals surface area contributed by atoms with Crippen molar-refractivity contribution >= 4 is 17.7 Å². The van der Waals surface area contributed by atoms with E-state index in [0.29, 0.717) is 17.0 Å². The number of amides is 1. The van der Waals surface area contributed by atoms with E-state index in [9.17, 15) is 4.79 Å². The van der Waals surface area contributed by atoms with Crippen molar-refractivity contribution in [2.24, 2.45) is 5.10 Å². The highest BCUT2D eigenvalue weighted by Crippen LogP contribution is 2.30. The highest BCUT2D eigenvalue weighted by Gasteiger charge is 2.27. The Morgan fingerprint density at radius 3 is 2.85 bits per heavy atom. The summed E-state index contributed by atoms with van der Waals surface area (Å²) in [6.07, 6.45) is 11.3. The third kappa shape index (κ3) is 3.06. The average molecular weight is 350 g/mol. The molecule has 4 rings (SSSR count). The number of aryl methyl sites for hydroxylation is 1. The summed E-state index contributed by atoms with van der Waals surface area (Å²) in [5.74, 6) is -0.214. The molecule has 2 N–H and O–H groups in total. The molecule has 0 bridgehead atoms. The number of carbonyl (C=O) groups excluding carboxylic acids is 1. The Kier molecular flexibility index (Phi) is 4.38. The molecule has 134 valence electrons. The summed E-state index contributed by atoms with van der Waals surface area (Å²) in [5.41, 5.74) is 9.17. The number of carbonyl (C=O) groups is 1. The molecule has 2 aromatic rings. The number of H-pyrrole nitrogens is 1. The van der Waals surface area contributed by atoms with Gasteiger partial charge < -0.3 is 9.88 Å². The van der Waals surface area contributed by atoms with Gasteiger partial charge in [-0.3, -0.25) is 14.8 Å². The number of hydrazone groups is 1. The third-order valence-electron chi connectivity index (χ3n) is 4.78. The zero-order chi connectivity index (χ0) is 18.1. The van der Waals surface area contributed by atoms with Crippen LogP contribution in [0.1, 0.15) is 41.1 Å². The first kappa shape index (κ1) is 16.7. The maximum absolute atomic E-state index is 12.4. The summed E-state index contributed by atoms with van der Waals surface area (Å²) in [7, 11) is 4.13. The predicted molar refractivity (Wildman–Crippen MR) is 99.5 cm³/mol. The van der Waals surface area contributed by atoms with Crippen LogP contribution in [0.25, 0.3) is 6.08 Å². The molecule has 0 aromatic carbocycles. The first-order chi connectivity index (χ1) is 12.6. The van der Waals surface area contributed by atoms with Gasteiger partial charge in [-0.25, -0.2) is 5.43 Å². The number of rotatable bonds is 4. The maximum atomic E-state index is 12.4. The van der Waals surface area contributed by atoms with Crippen molar-refractivity contribution in [1.29, 1.82) is 0 Å². The molecule has 26 heavy (non-hydrogen) atoms. The van der Waals surface area contributed by atoms with Crippen molar-refractivity contribution < 1.29 is 4.79 Å². The highest BCUT2D eigenvalue weighted by atomic mass is 16.2. The fourth-order valence-corrected chi connectivity index (χ4v) is 3.63. The number of nitrogens with zero attached hydrogens (tertiary/aromatic N) is 4. The summed E-state index contributed by atoms with van der Waals surface area (Å²) >= 11 is 0. The number of aromatic nitrogens is 3. The molecule has 0 saturated carbocycles. The van der Waals surface area contributed by atoms with Crippen molar-refractivity contribution in [1.82, 2.24) is 25.3 Å². The van der Waals surface area contributed by atoms with Crippen LogP contribution in [0.5, 0.6) is 0 Å². The van der Waals surface area contributed by atoms with Crippen molar-refractivity contribution in [3.8, 4) is 0 Å². The van der Waals surface area contributed by atoms with Gasteiger partial charge in [0.15, 0.2) is 0 Å². The van der Waals surface area contributed by atoms with E-state index in [0.717, 1.165) is 25.1 Å². The monoisotopic (exact) mass is 350 g/mol. The highest BCUT2D eigenvalue weighted by molar-refractivity contribution is 6.32. The normalized spacial score (nSPS) is 18.2. The van der Waals surface area contributed by atoms with E-state index < -0.39 is 0 Å². The van der Waals surface area contributed by atoms with Crippen LogP contribution in [0.4, 0.5) is 0 Å². The molecule has 0 unspecified atom stereocenters. The van der Waals surface area contributed by atoms with Crippen molar-refractivity contribution in [2.75, 3.05) is 14.1 Å². The summed E-state index contributed by atoms with van der Waals surface area (Å²) in [5, 5.41) is 4.16. The van der Waals surface area contributed by atoms with Crippen molar-refractivity contribution in [3.63, 3.8) is 0 Å². The summed E-state index contributed by atoms with van der Waals surface area (Å²) in [6, 6.07) is 0. The van der Waals surface area contributed by atoms with Crippen LogP contribution in [-0.4, -0.2) is 45.6 Å². The van der Waals surface area contributed by atoms with E-state index in [-0.39, 0.29) is 5.91 Å². The second-order valence-electron chi connectivity index (χ2n) is 6.97. The molecular weight excluding hydrogens is 328 g/mol. The minimum atomic E-state index is -0.214. The molecule has 2 aromatic heterocycles. The molecular formula is C19H22N6O. The summed E-state index contributed by atoms with van der Waals surface area (Å²) in [6.45, 7) is 0.837. The number of nitrogens with one attached hydrogen (secondary N) is 2. The third-order valence-corrected chi connectivity index (χ3v) is 4.78. The number of hydrogen-bond acceptors (Lipinski definition) is 5. The Labute approximate surface area is 152 Å². The minimum Gasteiger partial charge on any atom is -0.358 e. The Hall–Kier alpha value is -2.80. The van der Waals surface area contributed by atoms with Gasteiger partial charge in [0.2, 0.25) is 0 Å². The Morgan fingerprint density at radius 1 is 1.23 bits per heavy atom. The summed E-state index contributed by atoms with van der Waals surface area (Å²) < 4.78 is 0. The van der Waals surface area contributed by atoms with Crippen LogP contribution in [0.3, 0.4) is 0 Å². The largest absolute Gasteiger partial charge is 0.358 e. The molecule has 0 fully saturated rings. The van der Waals surface area contributed by atoms with Gasteiger partial charge >= 0.3 is 0 Å². The lowest BCUT2D eigenvalue weighted by molar-refractivity contribution is -0.116. The maximum Gasteiger partial charge on any atom is 0.273 e. The molecule has 0 radical (unpaired) electrons. The summed E-state index contributed by atoms with van der Waals surface area (Å²) in [4.78, 5) is 26.4. The molecule has 3 heterocycles. The Morgan fingerprint density at radius 2 is 2.08 bits per heavy atom. The van der Waals surface area contributed by atoms with Gasteiger partial charge in [0.1, 0.15) is 11.4 Å². The SMILES string of the molecule is CN(C)Cc1c(C=C2C(=O)NN=C2c2cnccn2)[nH]c2c1CCCC2. The van der Waals surface area contributed by atoms with E-state index in [1.807, 2.05) is 6.08 Å². The second-order valence-corrected chi connectivity index (χ2v) is 6.97. The Balaban J connectivity index is 1.78. The zero-order valence-corrected chi connectivity index (χ0v) is 15.0. The minimum absolute atomic E-state index is 0.214. The van der Waals surface area contributed by atoms with Crippen molar-refractivity contribution in [2.45, 2.75) is 32.2 Å². The first-order valence-electron chi connectivity index (χ1n) is 8.87. The van der Waals surface area contributed by atoms with Gasteiger partial charge in [-0.2, -0.15) is 5.10 Å². The predicted octanol–water partition coefficient (Wildman–Crippen LogP) is 1.66. The second kappa shape index (κ2) is 6.84. The molecule has 1 aliphatic heterocycles. The van der Waals surface area contributed by atoms with Crippen LogP contribution >= 0.6 is 0 Å². The smallest absolute Gasteiger partial charge is 0.273 e. The lowest BCUT2D eigenvalue weighted by atomic mass is 9.94. The van der Waals surface area contributed by atoms with Gasteiger partial charge in [-0.05, 0) is 57.0 Å². The average Bonchev–Trinajstić information content (AvgIpc) is 3.17. The quantitative estimate of drug-likeness (QED) is 0.821. The standard InChI is InChI=1S/C19H22N6O/c1-25(2)11-14-12-5-3-4-6-15(12)22-16(14)9-13-18(23-24-19(13)26)17-10-20-7-8-21-17/h7-10,22H,3-6,11H2,1-2H3,(H,24,26). The van der Waals surface area contributed by atoms with E-state index in [2.05, 4.69) is 44.5 Å². The van der Waals surface area contributed by atoms with Crippen molar-refractivity contribution in [3.05, 3.63) is 52.4 Å². The van der Waals surface area contributed by atoms with Crippen LogP contribution in [0.2, 0.25) is 0 Å². The van der Waals surface area contributed by atoms with Crippen LogP contribution < -0.4 is 5.43 Å². The van der Waals surface area contributed by atoms with E-state index in [4.69, 9.17) is 0 Å². The molecule has 0 atom stereocenters. The molecule has 1 aliphatic carbocycles. The fourth-order valence-electron chi connectivity index (χ4n) is 3.63. The van der Waals surface area contributed by atoms with Crippen LogP contribution in [0.15, 0.2) is 29.3 Å². The number of fused-ring (bicyclic) bond motifs is 1. The van der Waals surface area contributed by atoms with Crippen LogP contribution in [-0.2, 0) is 24.2 Å². The lowest BCUT2D eigenvalue weighted by Gasteiger charge is -2.15. The fraction of sp³-hybridized carbons (Fsp3) is 0.368. The van der Waals surface area contributed by atoms with Gasteiger partial charge in [-0.1, -0.05) is 0 Å². The molecule has 7 heteroatoms. The Bertz CT molecular complexity index is 894. The van der Waals surface area contributed by atoms with Gasteiger partial charge in [-0.15, -0.1) is 0 Å². The van der Waals surface area contributed by atoms with Crippen LogP contribution in [0, 0.1) is 0 Å². The van der Waals surface area contributed by atoms with Gasteiger partial charge in [0, 0.05) is 30.3 Å². The molecule has 2 aliphatic rings. The molecule has 0 saturated heterocycles.